The van der Waals surface area contributed by atoms with E-state index in [1.807, 2.05) is 0 Å². The molecular weight excluding hydrogens is 398 g/mol. The number of nitrogens with one attached hydrogen (secondary N) is 1. The molecule has 0 aliphatic carbocycles. The Balaban J connectivity index is 1.83. The Morgan fingerprint density at radius 1 is 1.18 bits per heavy atom. The van der Waals surface area contributed by atoms with Gasteiger partial charge in [0.2, 0.25) is 15.8 Å². The molecule has 0 fully saturated rings. The fourth-order valence-electron chi connectivity index (χ4n) is 1.97. The van der Waals surface area contributed by atoms with Gasteiger partial charge in [0.05, 0.1) is 4.90 Å². The second kappa shape index (κ2) is 9.17. The highest BCUT2D eigenvalue weighted by molar-refractivity contribution is 7.91. The average molecular weight is 414 g/mol. The van der Waals surface area contributed by atoms with E-state index in [-0.39, 0.29) is 12.2 Å². The van der Waals surface area contributed by atoms with Crippen molar-refractivity contribution >= 4 is 33.3 Å². The third-order valence-electron chi connectivity index (χ3n) is 3.33. The van der Waals surface area contributed by atoms with Crippen LogP contribution in [-0.4, -0.2) is 56.2 Å². The molecule has 1 aromatic heterocycles. The van der Waals surface area contributed by atoms with Crippen molar-refractivity contribution in [2.75, 3.05) is 30.4 Å². The maximum atomic E-state index is 12.5. The normalized spacial score (nSPS) is 11.1. The van der Waals surface area contributed by atoms with Crippen LogP contribution in [0.25, 0.3) is 0 Å². The number of esters is 1. The van der Waals surface area contributed by atoms with E-state index in [0.717, 1.165) is 24.3 Å². The monoisotopic (exact) mass is 414 g/mol. The van der Waals surface area contributed by atoms with Crippen LogP contribution < -0.4 is 10.2 Å². The average Bonchev–Trinajstić information content (AvgIpc) is 2.67. The SMILES string of the molecule is CN(CC(=O)OCC(=O)Nc1ccc(S(=O)(=O)C(F)F)cc1)c1ncccn1. The lowest BCUT2D eigenvalue weighted by molar-refractivity contribution is -0.145. The Morgan fingerprint density at radius 2 is 1.79 bits per heavy atom. The van der Waals surface area contributed by atoms with Crippen LogP contribution in [0.3, 0.4) is 0 Å². The van der Waals surface area contributed by atoms with E-state index in [2.05, 4.69) is 15.3 Å². The van der Waals surface area contributed by atoms with Crippen molar-refractivity contribution in [3.8, 4) is 0 Å². The minimum Gasteiger partial charge on any atom is -0.454 e. The molecule has 0 bridgehead atoms. The summed E-state index contributed by atoms with van der Waals surface area (Å²) in [5, 5.41) is 2.35. The number of nitrogens with zero attached hydrogens (tertiary/aromatic N) is 3. The molecule has 0 unspecified atom stereocenters. The third kappa shape index (κ3) is 5.67. The summed E-state index contributed by atoms with van der Waals surface area (Å²) >= 11 is 0. The number of benzene rings is 1. The van der Waals surface area contributed by atoms with Crippen molar-refractivity contribution in [2.45, 2.75) is 10.7 Å². The Hall–Kier alpha value is -3.15. The van der Waals surface area contributed by atoms with Crippen LogP contribution in [0.1, 0.15) is 0 Å². The molecule has 0 saturated carbocycles. The highest BCUT2D eigenvalue weighted by atomic mass is 32.2. The van der Waals surface area contributed by atoms with Gasteiger partial charge in [0.15, 0.2) is 6.61 Å². The maximum Gasteiger partial charge on any atom is 0.341 e. The van der Waals surface area contributed by atoms with E-state index in [0.29, 0.717) is 5.95 Å². The van der Waals surface area contributed by atoms with Crippen LogP contribution in [0.2, 0.25) is 0 Å². The third-order valence-corrected chi connectivity index (χ3v) is 4.72. The summed E-state index contributed by atoms with van der Waals surface area (Å²) in [5.41, 5.74) is 0.157. The van der Waals surface area contributed by atoms with E-state index in [1.54, 1.807) is 13.1 Å². The highest BCUT2D eigenvalue weighted by Gasteiger charge is 2.26. The van der Waals surface area contributed by atoms with Crippen molar-refractivity contribution in [3.63, 3.8) is 0 Å². The van der Waals surface area contributed by atoms with Gasteiger partial charge in [-0.25, -0.2) is 18.4 Å². The predicted octanol–water partition coefficient (Wildman–Crippen LogP) is 1.09. The van der Waals surface area contributed by atoms with Crippen molar-refractivity contribution in [3.05, 3.63) is 42.7 Å². The molecule has 12 heteroatoms. The summed E-state index contributed by atoms with van der Waals surface area (Å²) in [6.07, 6.45) is 3.02. The number of amides is 1. The molecule has 0 radical (unpaired) electrons. The number of aromatic nitrogens is 2. The number of carbonyl (C=O) groups is 2. The van der Waals surface area contributed by atoms with Gasteiger partial charge in [-0.15, -0.1) is 0 Å². The summed E-state index contributed by atoms with van der Waals surface area (Å²) in [6.45, 7) is -0.767. The first-order chi connectivity index (χ1) is 13.2. The Kier molecular flexibility index (Phi) is 6.93. The van der Waals surface area contributed by atoms with Gasteiger partial charge in [0.1, 0.15) is 6.54 Å². The fraction of sp³-hybridized carbons (Fsp3) is 0.250. The molecule has 150 valence electrons. The van der Waals surface area contributed by atoms with Crippen molar-refractivity contribution in [2.24, 2.45) is 0 Å². The molecule has 1 heterocycles. The molecule has 0 atom stereocenters. The van der Waals surface area contributed by atoms with E-state index < -0.39 is 39.0 Å². The van der Waals surface area contributed by atoms with E-state index in [1.165, 1.54) is 17.3 Å². The zero-order valence-corrected chi connectivity index (χ0v) is 15.4. The molecule has 9 nitrogen and oxygen atoms in total. The first-order valence-corrected chi connectivity index (χ1v) is 9.30. The first kappa shape index (κ1) is 21.2. The zero-order chi connectivity index (χ0) is 20.7. The quantitative estimate of drug-likeness (QED) is 0.638. The number of halogens is 2. The summed E-state index contributed by atoms with van der Waals surface area (Å²) in [4.78, 5) is 32.3. The molecule has 1 N–H and O–H groups in total. The molecular formula is C16H16F2N4O5S. The van der Waals surface area contributed by atoms with Gasteiger partial charge in [-0.3, -0.25) is 9.59 Å². The number of likely N-dealkylation sites (N-methyl/N-ethyl adjacent to an activating group) is 1. The van der Waals surface area contributed by atoms with E-state index in [4.69, 9.17) is 4.74 Å². The molecule has 0 spiro atoms. The molecule has 2 rings (SSSR count). The number of ether oxygens (including phenoxy) is 1. The minimum absolute atomic E-state index is 0.157. The van der Waals surface area contributed by atoms with Gasteiger partial charge < -0.3 is 15.0 Å². The van der Waals surface area contributed by atoms with Gasteiger partial charge in [0.25, 0.3) is 5.91 Å². The van der Waals surface area contributed by atoms with Gasteiger partial charge in [-0.1, -0.05) is 0 Å². The number of rotatable bonds is 8. The standard InChI is InChI=1S/C16H16F2N4O5S/c1-22(16-19-7-2-8-20-16)9-14(24)27-10-13(23)21-11-3-5-12(6-4-11)28(25,26)15(17)18/h2-8,15H,9-10H2,1H3,(H,21,23). The summed E-state index contributed by atoms with van der Waals surface area (Å²) in [7, 11) is -3.13. The predicted molar refractivity (Wildman–Crippen MR) is 94.5 cm³/mol. The topological polar surface area (TPSA) is 119 Å². The summed E-state index contributed by atoms with van der Waals surface area (Å²) < 4.78 is 52.4. The van der Waals surface area contributed by atoms with Gasteiger partial charge in [-0.2, -0.15) is 8.78 Å². The lowest BCUT2D eigenvalue weighted by Gasteiger charge is -2.15. The number of alkyl halides is 2. The Bertz CT molecular complexity index is 924. The van der Waals surface area contributed by atoms with Crippen molar-refractivity contribution in [1.82, 2.24) is 9.97 Å². The number of hydrogen-bond acceptors (Lipinski definition) is 8. The number of anilines is 2. The van der Waals surface area contributed by atoms with Gasteiger partial charge in [0, 0.05) is 25.1 Å². The molecule has 1 amide bonds. The van der Waals surface area contributed by atoms with Crippen LogP contribution >= 0.6 is 0 Å². The van der Waals surface area contributed by atoms with Crippen LogP contribution in [0, 0.1) is 0 Å². The maximum absolute atomic E-state index is 12.5. The molecule has 0 aliphatic rings. The van der Waals surface area contributed by atoms with Gasteiger partial charge in [-0.05, 0) is 30.3 Å². The number of sulfone groups is 1. The first-order valence-electron chi connectivity index (χ1n) is 7.76. The second-order valence-electron chi connectivity index (χ2n) is 5.44. The fourth-order valence-corrected chi connectivity index (χ4v) is 2.69. The van der Waals surface area contributed by atoms with E-state index >= 15 is 0 Å². The Morgan fingerprint density at radius 3 is 2.36 bits per heavy atom. The molecule has 28 heavy (non-hydrogen) atoms. The van der Waals surface area contributed by atoms with Crippen LogP contribution in [-0.2, 0) is 24.2 Å². The van der Waals surface area contributed by atoms with Gasteiger partial charge >= 0.3 is 11.7 Å². The zero-order valence-electron chi connectivity index (χ0n) is 14.6. The summed E-state index contributed by atoms with van der Waals surface area (Å²) in [6, 6.07) is 5.80. The lowest BCUT2D eigenvalue weighted by Crippen LogP contribution is -2.30. The Labute approximate surface area is 159 Å². The molecule has 1 aromatic carbocycles. The van der Waals surface area contributed by atoms with Crippen LogP contribution in [0.5, 0.6) is 0 Å². The number of hydrogen-bond donors (Lipinski definition) is 1. The molecule has 2 aromatic rings. The largest absolute Gasteiger partial charge is 0.454 e. The second-order valence-corrected chi connectivity index (χ2v) is 7.36. The smallest absolute Gasteiger partial charge is 0.341 e. The number of carbonyl (C=O) groups excluding carboxylic acids is 2. The van der Waals surface area contributed by atoms with E-state index in [9.17, 15) is 26.8 Å². The van der Waals surface area contributed by atoms with Crippen LogP contribution in [0.4, 0.5) is 20.4 Å². The molecule has 0 aliphatic heterocycles. The van der Waals surface area contributed by atoms with Crippen molar-refractivity contribution in [1.29, 1.82) is 0 Å². The molecule has 0 saturated heterocycles. The minimum atomic E-state index is -4.71. The highest BCUT2D eigenvalue weighted by Crippen LogP contribution is 2.20. The van der Waals surface area contributed by atoms with Crippen LogP contribution in [0.15, 0.2) is 47.6 Å². The lowest BCUT2D eigenvalue weighted by atomic mass is 10.3. The van der Waals surface area contributed by atoms with Crippen molar-refractivity contribution < 1.29 is 31.5 Å². The summed E-state index contributed by atoms with van der Waals surface area (Å²) in [5.74, 6) is -4.60.